The van der Waals surface area contributed by atoms with E-state index in [2.05, 4.69) is 53.1 Å². The molecule has 0 heterocycles. The number of benzene rings is 2. The Labute approximate surface area is 134 Å². The van der Waals surface area contributed by atoms with Crippen molar-refractivity contribution in [3.8, 4) is 0 Å². The highest BCUT2D eigenvalue weighted by molar-refractivity contribution is 9.11. The van der Waals surface area contributed by atoms with Crippen LogP contribution in [0.3, 0.4) is 0 Å². The number of carbonyl (C=O) groups is 1. The maximum absolute atomic E-state index is 13.4. The first-order chi connectivity index (χ1) is 8.99. The molecular weight excluding hydrogens is 445 g/mol. The number of anilines is 1. The van der Waals surface area contributed by atoms with Crippen LogP contribution in [0.4, 0.5) is 10.1 Å². The van der Waals surface area contributed by atoms with Gasteiger partial charge in [0.25, 0.3) is 5.91 Å². The maximum atomic E-state index is 13.4. The minimum absolute atomic E-state index is 0.253. The van der Waals surface area contributed by atoms with Gasteiger partial charge in [-0.25, -0.2) is 4.39 Å². The van der Waals surface area contributed by atoms with Crippen LogP contribution in [0.25, 0.3) is 0 Å². The first-order valence-corrected chi connectivity index (χ1v) is 7.57. The van der Waals surface area contributed by atoms with Gasteiger partial charge in [-0.15, -0.1) is 0 Å². The zero-order valence-corrected chi connectivity index (χ0v) is 14.1. The molecule has 1 amide bonds. The quantitative estimate of drug-likeness (QED) is 0.653. The summed E-state index contributed by atoms with van der Waals surface area (Å²) in [7, 11) is 0. The van der Waals surface area contributed by atoms with Gasteiger partial charge in [0.1, 0.15) is 5.82 Å². The molecule has 0 aliphatic heterocycles. The summed E-state index contributed by atoms with van der Waals surface area (Å²) < 4.78 is 15.2. The first-order valence-electron chi connectivity index (χ1n) is 5.19. The Morgan fingerprint density at radius 1 is 1.00 bits per heavy atom. The molecule has 0 aliphatic rings. The SMILES string of the molecule is O=C(Nc1c(Br)cccc1Br)c1ccc(Br)c(F)c1. The standard InChI is InChI=1S/C13H7Br3FNO/c14-8-5-4-7(6-11(8)17)13(19)18-12-9(15)2-1-3-10(12)16/h1-6H,(H,18,19). The second-order valence-corrected chi connectivity index (χ2v) is 6.24. The summed E-state index contributed by atoms with van der Waals surface area (Å²) in [6, 6.07) is 9.69. The van der Waals surface area contributed by atoms with Crippen molar-refractivity contribution in [1.29, 1.82) is 0 Å². The fraction of sp³-hybridized carbons (Fsp3) is 0. The molecule has 0 atom stereocenters. The normalized spacial score (nSPS) is 10.3. The number of hydrogen-bond acceptors (Lipinski definition) is 1. The lowest BCUT2D eigenvalue weighted by Crippen LogP contribution is -2.13. The average Bonchev–Trinajstić information content (AvgIpc) is 2.37. The summed E-state index contributed by atoms with van der Waals surface area (Å²) in [6.45, 7) is 0. The monoisotopic (exact) mass is 449 g/mol. The smallest absolute Gasteiger partial charge is 0.255 e. The van der Waals surface area contributed by atoms with E-state index in [1.807, 2.05) is 18.2 Å². The van der Waals surface area contributed by atoms with Gasteiger partial charge in [-0.2, -0.15) is 0 Å². The van der Waals surface area contributed by atoms with E-state index in [-0.39, 0.29) is 11.5 Å². The van der Waals surface area contributed by atoms with Crippen LogP contribution in [-0.2, 0) is 0 Å². The Hall–Kier alpha value is -0.720. The van der Waals surface area contributed by atoms with Crippen molar-refractivity contribution in [1.82, 2.24) is 0 Å². The zero-order chi connectivity index (χ0) is 14.0. The number of carbonyl (C=O) groups excluding carboxylic acids is 1. The van der Waals surface area contributed by atoms with Crippen LogP contribution < -0.4 is 5.32 Å². The molecule has 0 bridgehead atoms. The molecule has 2 aromatic carbocycles. The molecule has 1 N–H and O–H groups in total. The summed E-state index contributed by atoms with van der Waals surface area (Å²) in [6.07, 6.45) is 0. The molecule has 98 valence electrons. The van der Waals surface area contributed by atoms with Crippen molar-refractivity contribution >= 4 is 59.4 Å². The van der Waals surface area contributed by atoms with Crippen molar-refractivity contribution in [2.24, 2.45) is 0 Å². The summed E-state index contributed by atoms with van der Waals surface area (Å²) in [5.74, 6) is -0.849. The summed E-state index contributed by atoms with van der Waals surface area (Å²) in [5.41, 5.74) is 0.860. The van der Waals surface area contributed by atoms with Crippen LogP contribution in [0.2, 0.25) is 0 Å². The second kappa shape index (κ2) is 6.15. The molecule has 0 radical (unpaired) electrons. The van der Waals surface area contributed by atoms with Crippen molar-refractivity contribution in [3.63, 3.8) is 0 Å². The third kappa shape index (κ3) is 3.43. The van der Waals surface area contributed by atoms with Gasteiger partial charge in [0.2, 0.25) is 0 Å². The van der Waals surface area contributed by atoms with Gasteiger partial charge in [-0.05, 0) is 78.1 Å². The molecule has 2 rings (SSSR count). The Morgan fingerprint density at radius 2 is 1.63 bits per heavy atom. The Balaban J connectivity index is 2.28. The molecule has 0 aliphatic carbocycles. The highest BCUT2D eigenvalue weighted by Gasteiger charge is 2.12. The Bertz CT molecular complexity index is 626. The van der Waals surface area contributed by atoms with Crippen LogP contribution in [0.15, 0.2) is 49.8 Å². The van der Waals surface area contributed by atoms with Gasteiger partial charge in [0.15, 0.2) is 0 Å². The van der Waals surface area contributed by atoms with E-state index in [1.54, 1.807) is 6.07 Å². The number of para-hydroxylation sites is 1. The molecular formula is C13H7Br3FNO. The summed E-state index contributed by atoms with van der Waals surface area (Å²) >= 11 is 9.74. The van der Waals surface area contributed by atoms with Crippen LogP contribution >= 0.6 is 47.8 Å². The fourth-order valence-corrected chi connectivity index (χ4v) is 2.88. The minimum atomic E-state index is -0.473. The number of rotatable bonds is 2. The second-order valence-electron chi connectivity index (χ2n) is 3.68. The van der Waals surface area contributed by atoms with Crippen LogP contribution in [0, 0.1) is 5.82 Å². The van der Waals surface area contributed by atoms with Gasteiger partial charge in [0.05, 0.1) is 10.2 Å². The molecule has 2 aromatic rings. The third-order valence-electron chi connectivity index (χ3n) is 2.38. The number of amides is 1. The molecule has 2 nitrogen and oxygen atoms in total. The van der Waals surface area contributed by atoms with Crippen molar-refractivity contribution in [2.45, 2.75) is 0 Å². The highest BCUT2D eigenvalue weighted by atomic mass is 79.9. The lowest BCUT2D eigenvalue weighted by molar-refractivity contribution is 0.102. The maximum Gasteiger partial charge on any atom is 0.255 e. The van der Waals surface area contributed by atoms with Crippen molar-refractivity contribution in [2.75, 3.05) is 5.32 Å². The Kier molecular flexibility index (Phi) is 4.76. The number of hydrogen-bond donors (Lipinski definition) is 1. The topological polar surface area (TPSA) is 29.1 Å². The molecule has 0 unspecified atom stereocenters. The van der Waals surface area contributed by atoms with E-state index in [1.165, 1.54) is 12.1 Å². The van der Waals surface area contributed by atoms with Crippen LogP contribution in [0.5, 0.6) is 0 Å². The van der Waals surface area contributed by atoms with Crippen LogP contribution in [0.1, 0.15) is 10.4 Å². The van der Waals surface area contributed by atoms with E-state index in [0.29, 0.717) is 10.2 Å². The number of nitrogens with one attached hydrogen (secondary N) is 1. The van der Waals surface area contributed by atoms with Crippen molar-refractivity contribution in [3.05, 3.63) is 61.2 Å². The molecule has 0 fully saturated rings. The zero-order valence-electron chi connectivity index (χ0n) is 9.38. The van der Waals surface area contributed by atoms with Gasteiger partial charge < -0.3 is 5.32 Å². The predicted molar refractivity (Wildman–Crippen MR) is 83.9 cm³/mol. The molecule has 6 heteroatoms. The molecule has 0 saturated carbocycles. The summed E-state index contributed by atoms with van der Waals surface area (Å²) in [4.78, 5) is 12.0. The third-order valence-corrected chi connectivity index (χ3v) is 4.35. The molecule has 0 saturated heterocycles. The largest absolute Gasteiger partial charge is 0.320 e. The summed E-state index contributed by atoms with van der Waals surface area (Å²) in [5, 5.41) is 2.73. The van der Waals surface area contributed by atoms with Crippen molar-refractivity contribution < 1.29 is 9.18 Å². The fourth-order valence-electron chi connectivity index (χ4n) is 1.44. The van der Waals surface area contributed by atoms with E-state index in [4.69, 9.17) is 0 Å². The predicted octanol–water partition coefficient (Wildman–Crippen LogP) is 5.37. The van der Waals surface area contributed by atoms with E-state index >= 15 is 0 Å². The highest BCUT2D eigenvalue weighted by Crippen LogP contribution is 2.31. The van der Waals surface area contributed by atoms with E-state index in [9.17, 15) is 9.18 Å². The van der Waals surface area contributed by atoms with E-state index < -0.39 is 5.82 Å². The molecule has 0 spiro atoms. The van der Waals surface area contributed by atoms with Gasteiger partial charge in [0, 0.05) is 14.5 Å². The van der Waals surface area contributed by atoms with Gasteiger partial charge in [-0.3, -0.25) is 4.79 Å². The molecule has 19 heavy (non-hydrogen) atoms. The van der Waals surface area contributed by atoms with Crippen LogP contribution in [-0.4, -0.2) is 5.91 Å². The number of halogens is 4. The van der Waals surface area contributed by atoms with E-state index in [0.717, 1.165) is 8.95 Å². The average molecular weight is 452 g/mol. The van der Waals surface area contributed by atoms with Gasteiger partial charge in [-0.1, -0.05) is 6.07 Å². The Morgan fingerprint density at radius 3 is 2.21 bits per heavy atom. The first kappa shape index (κ1) is 14.7. The van der Waals surface area contributed by atoms with Gasteiger partial charge >= 0.3 is 0 Å². The lowest BCUT2D eigenvalue weighted by Gasteiger charge is -2.09. The molecule has 0 aromatic heterocycles. The minimum Gasteiger partial charge on any atom is -0.320 e. The lowest BCUT2D eigenvalue weighted by atomic mass is 10.2.